The molecule has 0 spiro atoms. The van der Waals surface area contributed by atoms with Gasteiger partial charge >= 0.3 is 6.03 Å². The number of urea groups is 1. The predicted molar refractivity (Wildman–Crippen MR) is 102 cm³/mol. The monoisotopic (exact) mass is 399 g/mol. The average Bonchev–Trinajstić information content (AvgIpc) is 2.65. The Hall–Kier alpha value is -3.65. The maximum atomic E-state index is 12.0. The van der Waals surface area contributed by atoms with Crippen LogP contribution in [0.15, 0.2) is 54.1 Å². The van der Waals surface area contributed by atoms with Crippen LogP contribution in [0, 0.1) is 0 Å². The van der Waals surface area contributed by atoms with Crippen LogP contribution in [0.25, 0.3) is 6.08 Å². The minimum Gasteiger partial charge on any atom is -0.484 e. The molecule has 2 aromatic carbocycles. The highest BCUT2D eigenvalue weighted by molar-refractivity contribution is 6.31. The highest BCUT2D eigenvalue weighted by Gasteiger charge is 2.27. The first kappa shape index (κ1) is 19.1. The topological polar surface area (TPSA) is 114 Å². The maximum absolute atomic E-state index is 12.0. The Bertz CT molecular complexity index is 963. The summed E-state index contributed by atoms with van der Waals surface area (Å²) >= 11 is 5.79. The van der Waals surface area contributed by atoms with Gasteiger partial charge in [0.05, 0.1) is 0 Å². The lowest BCUT2D eigenvalue weighted by Crippen LogP contribution is -2.51. The lowest BCUT2D eigenvalue weighted by molar-refractivity contribution is -0.124. The Labute approximate surface area is 164 Å². The number of imide groups is 2. The Morgan fingerprint density at radius 3 is 2.39 bits per heavy atom. The Morgan fingerprint density at radius 1 is 1.04 bits per heavy atom. The van der Waals surface area contributed by atoms with Gasteiger partial charge in [-0.3, -0.25) is 25.0 Å². The van der Waals surface area contributed by atoms with Gasteiger partial charge in [0.15, 0.2) is 6.61 Å². The van der Waals surface area contributed by atoms with Gasteiger partial charge in [0.1, 0.15) is 11.3 Å². The van der Waals surface area contributed by atoms with E-state index in [-0.39, 0.29) is 18.1 Å². The molecule has 0 aliphatic carbocycles. The molecule has 1 aliphatic rings. The van der Waals surface area contributed by atoms with E-state index in [0.717, 1.165) is 0 Å². The van der Waals surface area contributed by atoms with Crippen LogP contribution in [0.4, 0.5) is 10.5 Å². The molecule has 2 aromatic rings. The molecule has 9 heteroatoms. The summed E-state index contributed by atoms with van der Waals surface area (Å²) in [6.45, 7) is -0.238. The zero-order valence-corrected chi connectivity index (χ0v) is 15.1. The van der Waals surface area contributed by atoms with E-state index >= 15 is 0 Å². The van der Waals surface area contributed by atoms with Gasteiger partial charge in [0.2, 0.25) is 0 Å². The van der Waals surface area contributed by atoms with E-state index in [1.165, 1.54) is 6.08 Å². The fourth-order valence-electron chi connectivity index (χ4n) is 2.35. The molecule has 0 aromatic heterocycles. The molecule has 3 N–H and O–H groups in total. The number of benzene rings is 2. The molecule has 0 atom stereocenters. The normalized spacial score (nSPS) is 13.5. The van der Waals surface area contributed by atoms with Crippen molar-refractivity contribution in [3.8, 4) is 5.75 Å². The summed E-state index contributed by atoms with van der Waals surface area (Å²) in [7, 11) is 0. The highest BCUT2D eigenvalue weighted by Crippen LogP contribution is 2.17. The van der Waals surface area contributed by atoms with Crippen LogP contribution in [0.2, 0.25) is 5.02 Å². The molecule has 1 aliphatic heterocycles. The standard InChI is InChI=1S/C19H14ClN3O5/c20-12-4-6-13(7-5-12)21-16(24)10-28-14-3-1-2-11(8-14)9-15-17(25)22-19(27)23-18(15)26/h1-9H,10H2,(H,21,24)(H2,22,23,25,26,27). The van der Waals surface area contributed by atoms with Crippen molar-refractivity contribution < 1.29 is 23.9 Å². The second kappa shape index (κ2) is 8.36. The number of ether oxygens (including phenoxy) is 1. The zero-order valence-electron chi connectivity index (χ0n) is 14.3. The molecular weight excluding hydrogens is 386 g/mol. The number of carbonyl (C=O) groups excluding carboxylic acids is 4. The van der Waals surface area contributed by atoms with Crippen molar-refractivity contribution in [3.05, 3.63) is 64.7 Å². The smallest absolute Gasteiger partial charge is 0.328 e. The van der Waals surface area contributed by atoms with Crippen LogP contribution in [0.5, 0.6) is 5.75 Å². The number of nitrogens with one attached hydrogen (secondary N) is 3. The lowest BCUT2D eigenvalue weighted by Gasteiger charge is -2.14. The van der Waals surface area contributed by atoms with E-state index in [4.69, 9.17) is 16.3 Å². The number of hydrogen-bond donors (Lipinski definition) is 3. The van der Waals surface area contributed by atoms with Crippen molar-refractivity contribution in [1.82, 2.24) is 10.6 Å². The first-order valence-electron chi connectivity index (χ1n) is 8.07. The third-order valence-electron chi connectivity index (χ3n) is 3.61. The van der Waals surface area contributed by atoms with Gasteiger partial charge < -0.3 is 10.1 Å². The van der Waals surface area contributed by atoms with Crippen LogP contribution < -0.4 is 20.7 Å². The van der Waals surface area contributed by atoms with E-state index in [1.54, 1.807) is 48.5 Å². The molecule has 8 nitrogen and oxygen atoms in total. The summed E-state index contributed by atoms with van der Waals surface area (Å²) in [5, 5.41) is 7.20. The molecule has 142 valence electrons. The first-order chi connectivity index (χ1) is 13.4. The van der Waals surface area contributed by atoms with E-state index in [0.29, 0.717) is 22.0 Å². The molecule has 5 amide bonds. The summed E-state index contributed by atoms with van der Waals surface area (Å²) < 4.78 is 5.44. The van der Waals surface area contributed by atoms with Gasteiger partial charge in [0, 0.05) is 10.7 Å². The number of barbiturate groups is 1. The van der Waals surface area contributed by atoms with Crippen molar-refractivity contribution in [2.45, 2.75) is 0 Å². The second-order valence-corrected chi connectivity index (χ2v) is 6.15. The summed E-state index contributed by atoms with van der Waals surface area (Å²) in [6.07, 6.45) is 1.32. The van der Waals surface area contributed by atoms with Crippen LogP contribution in [-0.4, -0.2) is 30.4 Å². The number of hydrogen-bond acceptors (Lipinski definition) is 5. The number of anilines is 1. The highest BCUT2D eigenvalue weighted by atomic mass is 35.5. The van der Waals surface area contributed by atoms with Crippen molar-refractivity contribution in [3.63, 3.8) is 0 Å². The van der Waals surface area contributed by atoms with E-state index in [9.17, 15) is 19.2 Å². The van der Waals surface area contributed by atoms with E-state index < -0.39 is 17.8 Å². The predicted octanol–water partition coefficient (Wildman–Crippen LogP) is 2.11. The minimum absolute atomic E-state index is 0.211. The third kappa shape index (κ3) is 4.95. The molecule has 0 bridgehead atoms. The van der Waals surface area contributed by atoms with E-state index in [2.05, 4.69) is 5.32 Å². The minimum atomic E-state index is -0.865. The Balaban J connectivity index is 1.63. The van der Waals surface area contributed by atoms with Gasteiger partial charge in [-0.1, -0.05) is 23.7 Å². The first-order valence-corrected chi connectivity index (χ1v) is 8.45. The fourth-order valence-corrected chi connectivity index (χ4v) is 2.47. The van der Waals surface area contributed by atoms with Gasteiger partial charge in [-0.15, -0.1) is 0 Å². The SMILES string of the molecule is O=C(COc1cccc(C=C2C(=O)NC(=O)NC2=O)c1)Nc1ccc(Cl)cc1. The lowest BCUT2D eigenvalue weighted by atomic mass is 10.1. The Kier molecular flexibility index (Phi) is 5.71. The zero-order chi connectivity index (χ0) is 20.1. The molecule has 3 rings (SSSR count). The summed E-state index contributed by atoms with van der Waals surface area (Å²) in [5.74, 6) is -1.58. The van der Waals surface area contributed by atoms with E-state index in [1.807, 2.05) is 10.6 Å². The number of carbonyl (C=O) groups is 4. The molecule has 1 heterocycles. The summed E-state index contributed by atoms with van der Waals surface area (Å²) in [5.41, 5.74) is 0.864. The quantitative estimate of drug-likeness (QED) is 0.526. The summed E-state index contributed by atoms with van der Waals surface area (Å²) in [6, 6.07) is 12.2. The average molecular weight is 400 g/mol. The second-order valence-electron chi connectivity index (χ2n) is 5.71. The van der Waals surface area contributed by atoms with Crippen LogP contribution in [0.1, 0.15) is 5.56 Å². The molecule has 0 saturated carbocycles. The van der Waals surface area contributed by atoms with Crippen molar-refractivity contribution in [2.75, 3.05) is 11.9 Å². The van der Waals surface area contributed by atoms with Crippen molar-refractivity contribution >= 4 is 47.1 Å². The van der Waals surface area contributed by atoms with Crippen molar-refractivity contribution in [2.24, 2.45) is 0 Å². The van der Waals surface area contributed by atoms with Gasteiger partial charge in [-0.2, -0.15) is 0 Å². The molecule has 0 radical (unpaired) electrons. The number of rotatable bonds is 5. The van der Waals surface area contributed by atoms with Gasteiger partial charge in [0.25, 0.3) is 17.7 Å². The molecule has 1 fully saturated rings. The van der Waals surface area contributed by atoms with Crippen LogP contribution >= 0.6 is 11.6 Å². The largest absolute Gasteiger partial charge is 0.484 e. The van der Waals surface area contributed by atoms with Gasteiger partial charge in [-0.05, 0) is 48.0 Å². The Morgan fingerprint density at radius 2 is 1.71 bits per heavy atom. The van der Waals surface area contributed by atoms with Crippen LogP contribution in [0.3, 0.4) is 0 Å². The number of amides is 5. The van der Waals surface area contributed by atoms with Gasteiger partial charge in [-0.25, -0.2) is 4.79 Å². The molecule has 0 unspecified atom stereocenters. The summed E-state index contributed by atoms with van der Waals surface area (Å²) in [4.78, 5) is 46.6. The molecule has 1 saturated heterocycles. The molecular formula is C19H14ClN3O5. The third-order valence-corrected chi connectivity index (χ3v) is 3.86. The fraction of sp³-hybridized carbons (Fsp3) is 0.0526. The van der Waals surface area contributed by atoms with Crippen molar-refractivity contribution in [1.29, 1.82) is 0 Å². The molecule has 28 heavy (non-hydrogen) atoms. The van der Waals surface area contributed by atoms with Crippen LogP contribution in [-0.2, 0) is 14.4 Å². The maximum Gasteiger partial charge on any atom is 0.328 e. The number of halogens is 1.